The SMILES string of the molecule is CCNC(=NCc1ccnc(OCc2ccccc2)c1)N1CCOC(C2CCCO2)C1. The van der Waals surface area contributed by atoms with E-state index < -0.39 is 0 Å². The van der Waals surface area contributed by atoms with Gasteiger partial charge in [0.25, 0.3) is 0 Å². The molecule has 7 heteroatoms. The minimum atomic E-state index is 0.110. The summed E-state index contributed by atoms with van der Waals surface area (Å²) in [4.78, 5) is 11.5. The lowest BCUT2D eigenvalue weighted by molar-refractivity contribution is -0.0817. The fourth-order valence-corrected chi connectivity index (χ4v) is 3.94. The van der Waals surface area contributed by atoms with Crippen LogP contribution in [0.1, 0.15) is 30.9 Å². The Balaban J connectivity index is 1.37. The molecule has 2 atom stereocenters. The topological polar surface area (TPSA) is 68.2 Å². The normalized spacial score (nSPS) is 21.8. The molecule has 4 rings (SSSR count). The molecule has 0 spiro atoms. The average molecular weight is 425 g/mol. The lowest BCUT2D eigenvalue weighted by Crippen LogP contribution is -2.53. The number of aliphatic imine (C=N–C) groups is 1. The van der Waals surface area contributed by atoms with Crippen LogP contribution < -0.4 is 10.1 Å². The first-order valence-corrected chi connectivity index (χ1v) is 11.2. The van der Waals surface area contributed by atoms with E-state index in [0.717, 1.165) is 56.2 Å². The van der Waals surface area contributed by atoms with Crippen molar-refractivity contribution in [3.63, 3.8) is 0 Å². The third-order valence-electron chi connectivity index (χ3n) is 5.55. The molecule has 2 saturated heterocycles. The Labute approximate surface area is 184 Å². The Morgan fingerprint density at radius 3 is 2.84 bits per heavy atom. The Bertz CT molecular complexity index is 840. The maximum atomic E-state index is 5.99. The summed E-state index contributed by atoms with van der Waals surface area (Å²) in [5.41, 5.74) is 2.19. The minimum Gasteiger partial charge on any atom is -0.473 e. The van der Waals surface area contributed by atoms with E-state index in [1.165, 1.54) is 0 Å². The molecule has 2 aliphatic heterocycles. The van der Waals surface area contributed by atoms with Gasteiger partial charge < -0.3 is 24.4 Å². The molecule has 31 heavy (non-hydrogen) atoms. The molecular formula is C24H32N4O3. The number of ether oxygens (including phenoxy) is 3. The van der Waals surface area contributed by atoms with Gasteiger partial charge in [-0.2, -0.15) is 0 Å². The minimum absolute atomic E-state index is 0.110. The first-order chi connectivity index (χ1) is 15.3. The van der Waals surface area contributed by atoms with Gasteiger partial charge in [0.15, 0.2) is 5.96 Å². The summed E-state index contributed by atoms with van der Waals surface area (Å²) in [5, 5.41) is 3.43. The molecule has 1 aromatic carbocycles. The zero-order chi connectivity index (χ0) is 21.3. The van der Waals surface area contributed by atoms with E-state index in [4.69, 9.17) is 19.2 Å². The van der Waals surface area contributed by atoms with Gasteiger partial charge in [0.1, 0.15) is 12.7 Å². The highest BCUT2D eigenvalue weighted by Crippen LogP contribution is 2.21. The van der Waals surface area contributed by atoms with Crippen LogP contribution in [-0.2, 0) is 22.6 Å². The average Bonchev–Trinajstić information content (AvgIpc) is 3.37. The number of aromatic nitrogens is 1. The van der Waals surface area contributed by atoms with Crippen LogP contribution in [0.3, 0.4) is 0 Å². The predicted molar refractivity (Wildman–Crippen MR) is 120 cm³/mol. The lowest BCUT2D eigenvalue weighted by atomic mass is 10.1. The molecule has 0 radical (unpaired) electrons. The van der Waals surface area contributed by atoms with Gasteiger partial charge in [0.2, 0.25) is 5.88 Å². The molecule has 166 valence electrons. The van der Waals surface area contributed by atoms with E-state index in [-0.39, 0.29) is 12.2 Å². The molecule has 0 amide bonds. The summed E-state index contributed by atoms with van der Waals surface area (Å²) in [7, 11) is 0. The van der Waals surface area contributed by atoms with E-state index in [2.05, 4.69) is 22.1 Å². The Kier molecular flexibility index (Phi) is 7.74. The monoisotopic (exact) mass is 424 g/mol. The predicted octanol–water partition coefficient (Wildman–Crippen LogP) is 3.01. The number of hydrogen-bond donors (Lipinski definition) is 1. The van der Waals surface area contributed by atoms with E-state index in [1.54, 1.807) is 6.20 Å². The van der Waals surface area contributed by atoms with Crippen LogP contribution in [0.5, 0.6) is 5.88 Å². The van der Waals surface area contributed by atoms with Crippen LogP contribution in [0.4, 0.5) is 0 Å². The largest absolute Gasteiger partial charge is 0.473 e. The van der Waals surface area contributed by atoms with E-state index >= 15 is 0 Å². The van der Waals surface area contributed by atoms with Gasteiger partial charge in [-0.25, -0.2) is 9.98 Å². The molecule has 1 aromatic heterocycles. The van der Waals surface area contributed by atoms with Crippen LogP contribution in [0.25, 0.3) is 0 Å². The molecule has 2 fully saturated rings. The van der Waals surface area contributed by atoms with Crippen LogP contribution in [0.2, 0.25) is 0 Å². The number of benzene rings is 1. The first-order valence-electron chi connectivity index (χ1n) is 11.2. The van der Waals surface area contributed by atoms with Gasteiger partial charge in [-0.3, -0.25) is 0 Å². The number of morpholine rings is 1. The van der Waals surface area contributed by atoms with Gasteiger partial charge in [-0.1, -0.05) is 30.3 Å². The molecular weight excluding hydrogens is 392 g/mol. The number of hydrogen-bond acceptors (Lipinski definition) is 5. The van der Waals surface area contributed by atoms with Crippen molar-refractivity contribution in [1.29, 1.82) is 0 Å². The second kappa shape index (κ2) is 11.1. The van der Waals surface area contributed by atoms with Crippen molar-refractivity contribution in [2.45, 2.75) is 45.1 Å². The maximum Gasteiger partial charge on any atom is 0.213 e. The third kappa shape index (κ3) is 6.18. The van der Waals surface area contributed by atoms with Crippen molar-refractivity contribution in [2.75, 3.05) is 32.8 Å². The highest BCUT2D eigenvalue weighted by molar-refractivity contribution is 5.80. The van der Waals surface area contributed by atoms with Crippen molar-refractivity contribution >= 4 is 5.96 Å². The number of nitrogens with one attached hydrogen (secondary N) is 1. The highest BCUT2D eigenvalue weighted by Gasteiger charge is 2.32. The highest BCUT2D eigenvalue weighted by atomic mass is 16.5. The smallest absolute Gasteiger partial charge is 0.213 e. The maximum absolute atomic E-state index is 5.99. The molecule has 1 N–H and O–H groups in total. The molecule has 2 unspecified atom stereocenters. The number of nitrogens with zero attached hydrogens (tertiary/aromatic N) is 3. The molecule has 0 bridgehead atoms. The number of guanidine groups is 1. The zero-order valence-corrected chi connectivity index (χ0v) is 18.2. The van der Waals surface area contributed by atoms with Crippen molar-refractivity contribution in [3.05, 3.63) is 59.8 Å². The molecule has 0 saturated carbocycles. The van der Waals surface area contributed by atoms with Gasteiger partial charge in [0, 0.05) is 38.5 Å². The van der Waals surface area contributed by atoms with Gasteiger partial charge in [-0.15, -0.1) is 0 Å². The summed E-state index contributed by atoms with van der Waals surface area (Å²) in [6.45, 7) is 7.15. The van der Waals surface area contributed by atoms with Crippen molar-refractivity contribution in [3.8, 4) is 5.88 Å². The second-order valence-corrected chi connectivity index (χ2v) is 7.85. The molecule has 2 aliphatic rings. The van der Waals surface area contributed by atoms with Gasteiger partial charge in [-0.05, 0) is 37.0 Å². The fourth-order valence-electron chi connectivity index (χ4n) is 3.94. The van der Waals surface area contributed by atoms with E-state index in [0.29, 0.717) is 25.6 Å². The first kappa shape index (κ1) is 21.6. The van der Waals surface area contributed by atoms with Crippen LogP contribution >= 0.6 is 0 Å². The van der Waals surface area contributed by atoms with Crippen molar-refractivity contribution in [2.24, 2.45) is 4.99 Å². The number of pyridine rings is 1. The summed E-state index contributed by atoms with van der Waals surface area (Å²) in [6.07, 6.45) is 4.29. The van der Waals surface area contributed by atoms with Crippen molar-refractivity contribution < 1.29 is 14.2 Å². The molecule has 0 aliphatic carbocycles. The van der Waals surface area contributed by atoms with Gasteiger partial charge in [0.05, 0.1) is 19.3 Å². The Morgan fingerprint density at radius 1 is 1.16 bits per heavy atom. The van der Waals surface area contributed by atoms with Gasteiger partial charge >= 0.3 is 0 Å². The fraction of sp³-hybridized carbons (Fsp3) is 0.500. The summed E-state index contributed by atoms with van der Waals surface area (Å²) >= 11 is 0. The Hall–Kier alpha value is -2.64. The van der Waals surface area contributed by atoms with E-state index in [9.17, 15) is 0 Å². The quantitative estimate of drug-likeness (QED) is 0.544. The van der Waals surface area contributed by atoms with Crippen LogP contribution in [0, 0.1) is 0 Å². The number of rotatable bonds is 7. The van der Waals surface area contributed by atoms with Crippen LogP contribution in [-0.4, -0.2) is 60.9 Å². The molecule has 7 nitrogen and oxygen atoms in total. The Morgan fingerprint density at radius 2 is 2.03 bits per heavy atom. The van der Waals surface area contributed by atoms with E-state index in [1.807, 2.05) is 42.5 Å². The summed E-state index contributed by atoms with van der Waals surface area (Å²) < 4.78 is 17.7. The third-order valence-corrected chi connectivity index (χ3v) is 5.55. The summed E-state index contributed by atoms with van der Waals surface area (Å²) in [6, 6.07) is 14.1. The van der Waals surface area contributed by atoms with Crippen LogP contribution in [0.15, 0.2) is 53.7 Å². The lowest BCUT2D eigenvalue weighted by Gasteiger charge is -2.37. The van der Waals surface area contributed by atoms with Crippen molar-refractivity contribution in [1.82, 2.24) is 15.2 Å². The standard InChI is InChI=1S/C24H32N4O3/c1-2-25-24(28-12-14-30-22(17-28)21-9-6-13-29-21)27-16-20-10-11-26-23(15-20)31-18-19-7-4-3-5-8-19/h3-5,7-8,10-11,15,21-22H,2,6,9,12-14,16-18H2,1H3,(H,25,27). The zero-order valence-electron chi connectivity index (χ0n) is 18.2. The second-order valence-electron chi connectivity index (χ2n) is 7.85. The molecule has 3 heterocycles. The molecule has 2 aromatic rings. The summed E-state index contributed by atoms with van der Waals surface area (Å²) in [5.74, 6) is 1.53.